The summed E-state index contributed by atoms with van der Waals surface area (Å²) in [6.07, 6.45) is 5.06. The SMILES string of the molecule is CCOc1cc2c(cc1CNC(=O)[C@H](C)NC(=O)C1CCCC1)O[C@@H](C)C2. The van der Waals surface area contributed by atoms with Crippen molar-refractivity contribution in [1.82, 2.24) is 10.6 Å². The molecule has 1 aliphatic heterocycles. The Morgan fingerprint density at radius 1 is 1.30 bits per heavy atom. The Hall–Kier alpha value is -2.24. The fraction of sp³-hybridized carbons (Fsp3) is 0.619. The van der Waals surface area contributed by atoms with Gasteiger partial charge in [0.25, 0.3) is 0 Å². The molecule has 6 nitrogen and oxygen atoms in total. The van der Waals surface area contributed by atoms with Crippen LogP contribution in [0.3, 0.4) is 0 Å². The van der Waals surface area contributed by atoms with Gasteiger partial charge in [-0.1, -0.05) is 12.8 Å². The maximum atomic E-state index is 12.4. The summed E-state index contributed by atoms with van der Waals surface area (Å²) in [6, 6.07) is 3.40. The fourth-order valence-corrected chi connectivity index (χ4v) is 3.83. The third-order valence-electron chi connectivity index (χ3n) is 5.31. The van der Waals surface area contributed by atoms with Crippen molar-refractivity contribution in [3.8, 4) is 11.5 Å². The monoisotopic (exact) mass is 374 g/mol. The maximum absolute atomic E-state index is 12.4. The average molecular weight is 374 g/mol. The molecule has 6 heteroatoms. The zero-order chi connectivity index (χ0) is 19.4. The maximum Gasteiger partial charge on any atom is 0.242 e. The van der Waals surface area contributed by atoms with Crippen LogP contribution in [0.1, 0.15) is 57.6 Å². The van der Waals surface area contributed by atoms with Gasteiger partial charge in [0.15, 0.2) is 0 Å². The number of carbonyl (C=O) groups excluding carboxylic acids is 2. The quantitative estimate of drug-likeness (QED) is 0.769. The van der Waals surface area contributed by atoms with Crippen LogP contribution >= 0.6 is 0 Å². The van der Waals surface area contributed by atoms with Crippen LogP contribution in [0.15, 0.2) is 12.1 Å². The van der Waals surface area contributed by atoms with Crippen LogP contribution < -0.4 is 20.1 Å². The highest BCUT2D eigenvalue weighted by Crippen LogP contribution is 2.35. The number of benzene rings is 1. The van der Waals surface area contributed by atoms with Crippen molar-refractivity contribution in [2.24, 2.45) is 5.92 Å². The van der Waals surface area contributed by atoms with E-state index in [2.05, 4.69) is 10.6 Å². The Labute approximate surface area is 161 Å². The van der Waals surface area contributed by atoms with Crippen LogP contribution in [0, 0.1) is 5.92 Å². The van der Waals surface area contributed by atoms with E-state index in [9.17, 15) is 9.59 Å². The molecule has 1 saturated carbocycles. The van der Waals surface area contributed by atoms with Crippen molar-refractivity contribution in [1.29, 1.82) is 0 Å². The average Bonchev–Trinajstić information content (AvgIpc) is 3.28. The molecule has 0 bridgehead atoms. The number of rotatable bonds is 7. The van der Waals surface area contributed by atoms with Crippen molar-refractivity contribution in [2.75, 3.05) is 6.61 Å². The van der Waals surface area contributed by atoms with E-state index >= 15 is 0 Å². The van der Waals surface area contributed by atoms with E-state index in [0.29, 0.717) is 13.2 Å². The molecule has 3 rings (SSSR count). The van der Waals surface area contributed by atoms with E-state index in [1.807, 2.05) is 26.0 Å². The lowest BCUT2D eigenvalue weighted by Gasteiger charge is -2.18. The summed E-state index contributed by atoms with van der Waals surface area (Å²) in [5.74, 6) is 1.49. The lowest BCUT2D eigenvalue weighted by molar-refractivity contribution is -0.130. The van der Waals surface area contributed by atoms with Crippen molar-refractivity contribution in [2.45, 2.75) is 71.6 Å². The number of nitrogens with one attached hydrogen (secondary N) is 2. The van der Waals surface area contributed by atoms with E-state index in [-0.39, 0.29) is 23.8 Å². The summed E-state index contributed by atoms with van der Waals surface area (Å²) in [7, 11) is 0. The number of hydrogen-bond donors (Lipinski definition) is 2. The first-order valence-corrected chi connectivity index (χ1v) is 10.0. The van der Waals surface area contributed by atoms with Crippen molar-refractivity contribution in [3.05, 3.63) is 23.3 Å². The van der Waals surface area contributed by atoms with Gasteiger partial charge in [0, 0.05) is 30.0 Å². The van der Waals surface area contributed by atoms with E-state index in [1.165, 1.54) is 0 Å². The van der Waals surface area contributed by atoms with Gasteiger partial charge in [-0.2, -0.15) is 0 Å². The van der Waals surface area contributed by atoms with Crippen LogP contribution in [0.5, 0.6) is 11.5 Å². The van der Waals surface area contributed by atoms with Gasteiger partial charge in [-0.3, -0.25) is 9.59 Å². The fourth-order valence-electron chi connectivity index (χ4n) is 3.83. The first kappa shape index (κ1) is 19.5. The largest absolute Gasteiger partial charge is 0.494 e. The van der Waals surface area contributed by atoms with Gasteiger partial charge in [0.1, 0.15) is 23.6 Å². The van der Waals surface area contributed by atoms with Gasteiger partial charge in [0.05, 0.1) is 6.61 Å². The molecule has 2 aliphatic rings. The molecule has 2 amide bonds. The molecule has 2 atom stereocenters. The topological polar surface area (TPSA) is 76.7 Å². The zero-order valence-corrected chi connectivity index (χ0v) is 16.5. The van der Waals surface area contributed by atoms with Crippen molar-refractivity contribution < 1.29 is 19.1 Å². The van der Waals surface area contributed by atoms with Crippen LogP contribution in [0.4, 0.5) is 0 Å². The van der Waals surface area contributed by atoms with Crippen molar-refractivity contribution >= 4 is 11.8 Å². The van der Waals surface area contributed by atoms with E-state index < -0.39 is 6.04 Å². The summed E-state index contributed by atoms with van der Waals surface area (Å²) in [6.45, 7) is 6.60. The highest BCUT2D eigenvalue weighted by Gasteiger charge is 2.26. The van der Waals surface area contributed by atoms with Gasteiger partial charge in [-0.25, -0.2) is 0 Å². The molecule has 1 fully saturated rings. The molecule has 1 aromatic carbocycles. The molecule has 27 heavy (non-hydrogen) atoms. The van der Waals surface area contributed by atoms with Crippen molar-refractivity contribution in [3.63, 3.8) is 0 Å². The first-order valence-electron chi connectivity index (χ1n) is 10.0. The molecule has 0 spiro atoms. The smallest absolute Gasteiger partial charge is 0.242 e. The minimum Gasteiger partial charge on any atom is -0.494 e. The predicted octanol–water partition coefficient (Wildman–Crippen LogP) is 2.72. The number of ether oxygens (including phenoxy) is 2. The summed E-state index contributed by atoms with van der Waals surface area (Å²) in [5, 5.41) is 5.74. The molecule has 0 saturated heterocycles. The predicted molar refractivity (Wildman–Crippen MR) is 103 cm³/mol. The minimum absolute atomic E-state index is 0.00919. The number of hydrogen-bond acceptors (Lipinski definition) is 4. The van der Waals surface area contributed by atoms with Crippen LogP contribution in [0.25, 0.3) is 0 Å². The summed E-state index contributed by atoms with van der Waals surface area (Å²) >= 11 is 0. The van der Waals surface area contributed by atoms with Gasteiger partial charge in [-0.05, 0) is 45.7 Å². The second kappa shape index (κ2) is 8.63. The lowest BCUT2D eigenvalue weighted by atomic mass is 10.1. The Balaban J connectivity index is 1.59. The normalized spacial score (nSPS) is 19.9. The molecule has 0 aromatic heterocycles. The van der Waals surface area contributed by atoms with Gasteiger partial charge in [-0.15, -0.1) is 0 Å². The Kier molecular flexibility index (Phi) is 6.24. The van der Waals surface area contributed by atoms with E-state index in [4.69, 9.17) is 9.47 Å². The van der Waals surface area contributed by atoms with Crippen LogP contribution in [0.2, 0.25) is 0 Å². The molecular weight excluding hydrogens is 344 g/mol. The van der Waals surface area contributed by atoms with Gasteiger partial charge >= 0.3 is 0 Å². The second-order valence-corrected chi connectivity index (χ2v) is 7.56. The molecule has 2 N–H and O–H groups in total. The summed E-state index contributed by atoms with van der Waals surface area (Å²) in [4.78, 5) is 24.6. The second-order valence-electron chi connectivity index (χ2n) is 7.56. The molecule has 148 valence electrons. The number of carbonyl (C=O) groups is 2. The van der Waals surface area contributed by atoms with Gasteiger partial charge in [0.2, 0.25) is 11.8 Å². The number of amides is 2. The Bertz CT molecular complexity index is 698. The van der Waals surface area contributed by atoms with Gasteiger partial charge < -0.3 is 20.1 Å². The molecule has 0 unspecified atom stereocenters. The standard InChI is InChI=1S/C21H30N2O4/c1-4-26-18-10-16-9-13(2)27-19(16)11-17(18)12-22-20(24)14(3)23-21(25)15-7-5-6-8-15/h10-11,13-15H,4-9,12H2,1-3H3,(H,22,24)(H,23,25)/t13-,14-/m0/s1. The zero-order valence-electron chi connectivity index (χ0n) is 16.5. The molecule has 0 radical (unpaired) electrons. The summed E-state index contributed by atoms with van der Waals surface area (Å²) in [5.41, 5.74) is 2.02. The molecule has 1 heterocycles. The minimum atomic E-state index is -0.556. The van der Waals surface area contributed by atoms with E-state index in [0.717, 1.165) is 54.7 Å². The third-order valence-corrected chi connectivity index (χ3v) is 5.31. The molecular formula is C21H30N2O4. The molecule has 1 aromatic rings. The number of fused-ring (bicyclic) bond motifs is 1. The molecule has 1 aliphatic carbocycles. The summed E-state index contributed by atoms with van der Waals surface area (Å²) < 4.78 is 11.6. The highest BCUT2D eigenvalue weighted by atomic mass is 16.5. The third kappa shape index (κ3) is 4.73. The van der Waals surface area contributed by atoms with E-state index in [1.54, 1.807) is 6.92 Å². The van der Waals surface area contributed by atoms with Crippen LogP contribution in [-0.2, 0) is 22.6 Å². The Morgan fingerprint density at radius 3 is 2.74 bits per heavy atom. The lowest BCUT2D eigenvalue weighted by Crippen LogP contribution is -2.46. The van der Waals surface area contributed by atoms with Crippen LogP contribution in [-0.4, -0.2) is 30.6 Å². The Morgan fingerprint density at radius 2 is 2.04 bits per heavy atom. The highest BCUT2D eigenvalue weighted by molar-refractivity contribution is 5.88. The first-order chi connectivity index (χ1) is 13.0.